The number of aromatic carboxylic acids is 1. The van der Waals surface area contributed by atoms with E-state index >= 15 is 0 Å². The predicted molar refractivity (Wildman–Crippen MR) is 147 cm³/mol. The molecular formula is C31H24F6N4O3. The first-order valence-corrected chi connectivity index (χ1v) is 14.1. The fraction of sp³-hybridized carbons (Fsp3) is 0.355. The van der Waals surface area contributed by atoms with Crippen molar-refractivity contribution in [3.63, 3.8) is 0 Å². The molecule has 2 fully saturated rings. The highest BCUT2D eigenvalue weighted by atomic mass is 19.4. The Balaban J connectivity index is 1.16. The summed E-state index contributed by atoms with van der Waals surface area (Å²) in [6, 6.07) is 5.92. The number of pyridine rings is 2. The van der Waals surface area contributed by atoms with Crippen LogP contribution < -0.4 is 4.90 Å². The summed E-state index contributed by atoms with van der Waals surface area (Å²) in [6.07, 6.45) is -1.24. The standard InChI is InChI=1S/C31H24F6N4O3/c32-30(33,34)21-5-8-38-15-20(21)26-25(27(44-40-26)16-1-2-16)17-13-29(14-17)6-9-41(10-7-29)18-3-4-23-19(11-18)22(31(35,36)37)12-24(39-23)28(42)43/h3-5,8,11-13,15-16H,1-2,6-7,9-10,14H2,(H,42,43). The van der Waals surface area contributed by atoms with Crippen LogP contribution in [0.3, 0.4) is 0 Å². The van der Waals surface area contributed by atoms with Gasteiger partial charge < -0.3 is 14.5 Å². The van der Waals surface area contributed by atoms with E-state index in [1.54, 1.807) is 6.07 Å². The molecule has 228 valence electrons. The van der Waals surface area contributed by atoms with Gasteiger partial charge in [-0.1, -0.05) is 11.2 Å². The number of rotatable bonds is 5. The monoisotopic (exact) mass is 614 g/mol. The van der Waals surface area contributed by atoms with Crippen LogP contribution in [-0.2, 0) is 12.4 Å². The number of halogens is 6. The van der Waals surface area contributed by atoms with E-state index < -0.39 is 35.1 Å². The van der Waals surface area contributed by atoms with E-state index in [2.05, 4.69) is 21.2 Å². The summed E-state index contributed by atoms with van der Waals surface area (Å²) < 4.78 is 88.6. The summed E-state index contributed by atoms with van der Waals surface area (Å²) in [7, 11) is 0. The molecule has 1 aliphatic heterocycles. The number of benzene rings is 1. The number of alkyl halides is 6. The zero-order chi connectivity index (χ0) is 31.0. The molecule has 0 bridgehead atoms. The quantitative estimate of drug-likeness (QED) is 0.228. The second kappa shape index (κ2) is 9.80. The van der Waals surface area contributed by atoms with E-state index in [4.69, 9.17) is 4.52 Å². The molecule has 1 aromatic carbocycles. The normalized spacial score (nSPS) is 18.4. The number of fused-ring (bicyclic) bond motifs is 1. The molecule has 0 radical (unpaired) electrons. The molecule has 3 aromatic heterocycles. The van der Waals surface area contributed by atoms with Crippen LogP contribution in [0.15, 0.2) is 53.3 Å². The highest BCUT2D eigenvalue weighted by molar-refractivity contribution is 5.93. The third kappa shape index (κ3) is 4.87. The zero-order valence-corrected chi connectivity index (χ0v) is 23.0. The number of hydrogen-bond donors (Lipinski definition) is 1. The molecule has 44 heavy (non-hydrogen) atoms. The van der Waals surface area contributed by atoms with Gasteiger partial charge in [-0.15, -0.1) is 0 Å². The number of carboxylic acid groups (broad SMARTS) is 1. The molecule has 7 rings (SSSR count). The van der Waals surface area contributed by atoms with Crippen LogP contribution in [0.2, 0.25) is 0 Å². The van der Waals surface area contributed by atoms with Crippen molar-refractivity contribution in [2.75, 3.05) is 18.0 Å². The molecule has 4 heterocycles. The van der Waals surface area contributed by atoms with Gasteiger partial charge >= 0.3 is 18.3 Å². The Kier molecular flexibility index (Phi) is 6.31. The van der Waals surface area contributed by atoms with Crippen molar-refractivity contribution in [2.45, 2.75) is 50.4 Å². The van der Waals surface area contributed by atoms with Crippen molar-refractivity contribution in [2.24, 2.45) is 5.41 Å². The largest absolute Gasteiger partial charge is 0.477 e. The summed E-state index contributed by atoms with van der Waals surface area (Å²) in [5, 5.41) is 13.1. The van der Waals surface area contributed by atoms with Gasteiger partial charge in [0, 0.05) is 53.6 Å². The Morgan fingerprint density at radius 3 is 2.34 bits per heavy atom. The number of anilines is 1. The first-order chi connectivity index (χ1) is 20.8. The van der Waals surface area contributed by atoms with E-state index in [1.165, 1.54) is 18.3 Å². The molecule has 1 spiro atoms. The molecule has 1 N–H and O–H groups in total. The first-order valence-electron chi connectivity index (χ1n) is 14.1. The van der Waals surface area contributed by atoms with Crippen molar-refractivity contribution in [3.8, 4) is 11.3 Å². The summed E-state index contributed by atoms with van der Waals surface area (Å²) in [4.78, 5) is 21.1. The number of hydrogen-bond acceptors (Lipinski definition) is 6. The number of nitrogens with zero attached hydrogens (tertiary/aromatic N) is 4. The van der Waals surface area contributed by atoms with Gasteiger partial charge in [-0.25, -0.2) is 9.78 Å². The lowest BCUT2D eigenvalue weighted by molar-refractivity contribution is -0.137. The maximum absolute atomic E-state index is 13.8. The van der Waals surface area contributed by atoms with Crippen LogP contribution in [0, 0.1) is 5.41 Å². The van der Waals surface area contributed by atoms with Gasteiger partial charge in [-0.3, -0.25) is 4.98 Å². The third-order valence-corrected chi connectivity index (χ3v) is 8.83. The molecule has 1 saturated heterocycles. The van der Waals surface area contributed by atoms with Crippen LogP contribution in [0.5, 0.6) is 0 Å². The maximum atomic E-state index is 13.8. The fourth-order valence-electron chi connectivity index (χ4n) is 6.42. The summed E-state index contributed by atoms with van der Waals surface area (Å²) in [5.74, 6) is -0.821. The van der Waals surface area contributed by atoms with Gasteiger partial charge in [0.05, 0.1) is 16.6 Å². The van der Waals surface area contributed by atoms with Crippen molar-refractivity contribution < 1.29 is 40.8 Å². The minimum Gasteiger partial charge on any atom is -0.477 e. The summed E-state index contributed by atoms with van der Waals surface area (Å²) >= 11 is 0. The van der Waals surface area contributed by atoms with Crippen LogP contribution >= 0.6 is 0 Å². The number of carbonyl (C=O) groups is 1. The molecule has 0 amide bonds. The number of allylic oxidation sites excluding steroid dienone is 2. The molecule has 0 unspecified atom stereocenters. The highest BCUT2D eigenvalue weighted by Gasteiger charge is 2.45. The van der Waals surface area contributed by atoms with E-state index in [9.17, 15) is 36.2 Å². The van der Waals surface area contributed by atoms with Gasteiger partial charge in [0.1, 0.15) is 17.1 Å². The zero-order valence-electron chi connectivity index (χ0n) is 23.0. The topological polar surface area (TPSA) is 92.3 Å². The minimum absolute atomic E-state index is 0.0562. The lowest BCUT2D eigenvalue weighted by Crippen LogP contribution is -2.42. The number of carboxylic acids is 1. The van der Waals surface area contributed by atoms with Crippen LogP contribution in [0.4, 0.5) is 32.0 Å². The SMILES string of the molecule is O=C(O)c1cc(C(F)(F)F)c2cc(N3CCC4(C=C(c5c(-c6cnccc6C(F)(F)F)noc5C5CC5)C4)CC3)ccc2n1. The average molecular weight is 615 g/mol. The van der Waals surface area contributed by atoms with Gasteiger partial charge in [-0.2, -0.15) is 26.3 Å². The molecule has 4 aromatic rings. The van der Waals surface area contributed by atoms with Crippen LogP contribution in [0.1, 0.15) is 71.0 Å². The molecule has 13 heteroatoms. The van der Waals surface area contributed by atoms with Crippen molar-refractivity contribution in [1.82, 2.24) is 15.1 Å². The Labute approximate surface area is 246 Å². The second-order valence-corrected chi connectivity index (χ2v) is 11.7. The number of aromatic nitrogens is 3. The van der Waals surface area contributed by atoms with E-state index in [1.807, 2.05) is 4.90 Å². The Morgan fingerprint density at radius 2 is 1.70 bits per heavy atom. The number of piperidine rings is 1. The van der Waals surface area contributed by atoms with Gasteiger partial charge in [-0.05, 0) is 73.4 Å². The van der Waals surface area contributed by atoms with E-state index in [0.29, 0.717) is 55.4 Å². The molecular weight excluding hydrogens is 590 g/mol. The van der Waals surface area contributed by atoms with Crippen molar-refractivity contribution in [3.05, 3.63) is 76.9 Å². The lowest BCUT2D eigenvalue weighted by Gasteiger charge is -2.47. The molecule has 3 aliphatic rings. The van der Waals surface area contributed by atoms with Gasteiger partial charge in [0.2, 0.25) is 0 Å². The molecule has 1 saturated carbocycles. The minimum atomic E-state index is -4.76. The van der Waals surface area contributed by atoms with Crippen LogP contribution in [-0.4, -0.2) is 39.3 Å². The van der Waals surface area contributed by atoms with E-state index in [-0.39, 0.29) is 33.5 Å². The van der Waals surface area contributed by atoms with Crippen LogP contribution in [0.25, 0.3) is 27.7 Å². The summed E-state index contributed by atoms with van der Waals surface area (Å²) in [5.41, 5.74) is -0.733. The van der Waals surface area contributed by atoms with E-state index in [0.717, 1.165) is 30.7 Å². The van der Waals surface area contributed by atoms with Gasteiger partial charge in [0.25, 0.3) is 0 Å². The van der Waals surface area contributed by atoms with Crippen molar-refractivity contribution >= 4 is 28.1 Å². The Bertz CT molecular complexity index is 1830. The smallest absolute Gasteiger partial charge is 0.417 e. The molecule has 2 aliphatic carbocycles. The first kappa shape index (κ1) is 28.4. The Hall–Kier alpha value is -4.42. The fourth-order valence-corrected chi connectivity index (χ4v) is 6.42. The lowest BCUT2D eigenvalue weighted by atomic mass is 9.63. The van der Waals surface area contributed by atoms with Crippen molar-refractivity contribution in [1.29, 1.82) is 0 Å². The predicted octanol–water partition coefficient (Wildman–Crippen LogP) is 7.97. The molecule has 0 atom stereocenters. The van der Waals surface area contributed by atoms with Gasteiger partial charge in [0.15, 0.2) is 0 Å². The highest BCUT2D eigenvalue weighted by Crippen LogP contribution is 2.56. The third-order valence-electron chi connectivity index (χ3n) is 8.83. The maximum Gasteiger partial charge on any atom is 0.417 e. The average Bonchev–Trinajstić information content (AvgIpc) is 3.72. The molecule has 7 nitrogen and oxygen atoms in total. The Morgan fingerprint density at radius 1 is 1.00 bits per heavy atom. The summed E-state index contributed by atoms with van der Waals surface area (Å²) in [6.45, 7) is 1.09. The second-order valence-electron chi connectivity index (χ2n) is 11.7.